The predicted octanol–water partition coefficient (Wildman–Crippen LogP) is 28.5. The maximum Gasteiger partial charge on any atom is 0.0623 e. The third-order valence-corrected chi connectivity index (χ3v) is 15.7. The van der Waals surface area contributed by atoms with Gasteiger partial charge in [0.05, 0.1) is 78.3 Å². The Labute approximate surface area is 719 Å². The fraction of sp³-hybridized carbons (Fsp3) is 1.00. The fourth-order valence-corrected chi connectivity index (χ4v) is 9.97. The van der Waals surface area contributed by atoms with Crippen molar-refractivity contribution in [3.8, 4) is 0 Å². The zero-order chi connectivity index (χ0) is 90.9. The van der Waals surface area contributed by atoms with Crippen LogP contribution in [0.2, 0.25) is 0 Å². The van der Waals surface area contributed by atoms with E-state index in [1.807, 2.05) is 118 Å². The van der Waals surface area contributed by atoms with E-state index in [0.29, 0.717) is 60.4 Å². The molecule has 1 atom stereocenters. The Morgan fingerprint density at radius 3 is 0.789 bits per heavy atom. The lowest BCUT2D eigenvalue weighted by Crippen LogP contribution is -2.23. The molecule has 16 nitrogen and oxygen atoms in total. The summed E-state index contributed by atoms with van der Waals surface area (Å²) in [6.07, 6.45) is 33.3. The van der Waals surface area contributed by atoms with E-state index in [0.717, 1.165) is 156 Å². The second kappa shape index (κ2) is 110. The molecule has 16 heteroatoms. The number of hydrogen-bond acceptors (Lipinski definition) is 16. The minimum Gasteiger partial charge on any atom is -0.385 e. The van der Waals surface area contributed by atoms with Crippen LogP contribution in [-0.4, -0.2) is 205 Å². The van der Waals surface area contributed by atoms with Gasteiger partial charge in [0.15, 0.2) is 0 Å². The third-order valence-electron chi connectivity index (χ3n) is 15.7. The average molecular weight is 1650 g/mol. The van der Waals surface area contributed by atoms with E-state index in [-0.39, 0.29) is 16.8 Å². The predicted molar refractivity (Wildman–Crippen MR) is 503 cm³/mol. The van der Waals surface area contributed by atoms with Crippen LogP contribution in [0.3, 0.4) is 0 Å². The Bertz CT molecular complexity index is 1520. The molecular formula is C98H220O16. The maximum absolute atomic E-state index is 5.48. The van der Waals surface area contributed by atoms with Crippen LogP contribution >= 0.6 is 0 Å². The quantitative estimate of drug-likeness (QED) is 0.0562. The average Bonchev–Trinajstić information content (AvgIpc) is 1.69. The molecule has 1 unspecified atom stereocenters. The van der Waals surface area contributed by atoms with E-state index < -0.39 is 0 Å². The van der Waals surface area contributed by atoms with Crippen LogP contribution in [0.25, 0.3) is 0 Å². The van der Waals surface area contributed by atoms with Crippen LogP contribution in [0.5, 0.6) is 0 Å². The molecule has 4 aliphatic carbocycles. The highest BCUT2D eigenvalue weighted by Gasteiger charge is 2.17. The van der Waals surface area contributed by atoms with Crippen LogP contribution < -0.4 is 0 Å². The number of hydrogen-bond donors (Lipinski definition) is 0. The van der Waals surface area contributed by atoms with E-state index in [2.05, 4.69) is 171 Å². The molecule has 0 saturated heterocycles. The van der Waals surface area contributed by atoms with Crippen LogP contribution in [0.4, 0.5) is 0 Å². The normalized spacial score (nSPS) is 14.4. The zero-order valence-corrected chi connectivity index (χ0v) is 86.2. The van der Waals surface area contributed by atoms with Gasteiger partial charge in [0.25, 0.3) is 0 Å². The SMILES string of the molecule is CC(C)OC(C)(C)C.CCC(C)OC(C)C.CCCOC(C)C.CCCOCC.CCOC.CCOC(C)(C)C.CCOC(C)(C)CC.CCOC(C)C.CCOC(C)C.CCOC1CCCC1.CCOC1CCCCC1.CCOCC.CCOCC(C)(C)C.CCOCC1CCCC1.CCOCC1CCCCC1.COC(C)C. The van der Waals surface area contributed by atoms with E-state index in [9.17, 15) is 0 Å². The first kappa shape index (κ1) is 139. The monoisotopic (exact) mass is 1650 g/mol. The lowest BCUT2D eigenvalue weighted by Gasteiger charge is -2.22. The van der Waals surface area contributed by atoms with Crippen molar-refractivity contribution in [1.82, 2.24) is 0 Å². The van der Waals surface area contributed by atoms with Crippen LogP contribution in [-0.2, 0) is 75.8 Å². The van der Waals surface area contributed by atoms with E-state index in [4.69, 9.17) is 71.1 Å². The summed E-state index contributed by atoms with van der Waals surface area (Å²) >= 11 is 0. The molecule has 0 aromatic carbocycles. The van der Waals surface area contributed by atoms with Gasteiger partial charge in [-0.05, 0) is 330 Å². The van der Waals surface area contributed by atoms with Crippen LogP contribution in [0.1, 0.15) is 425 Å². The van der Waals surface area contributed by atoms with E-state index in [1.54, 1.807) is 14.2 Å². The molecule has 0 amide bonds. The van der Waals surface area contributed by atoms with Crippen LogP contribution in [0, 0.1) is 17.3 Å². The highest BCUT2D eigenvalue weighted by atomic mass is 16.5. The molecule has 0 heterocycles. The summed E-state index contributed by atoms with van der Waals surface area (Å²) in [6.45, 7) is 100. The molecule has 114 heavy (non-hydrogen) atoms. The van der Waals surface area contributed by atoms with Crippen molar-refractivity contribution in [1.29, 1.82) is 0 Å². The van der Waals surface area contributed by atoms with Gasteiger partial charge in [-0.2, -0.15) is 0 Å². The molecule has 0 N–H and O–H groups in total. The van der Waals surface area contributed by atoms with Gasteiger partial charge >= 0.3 is 0 Å². The van der Waals surface area contributed by atoms with Crippen molar-refractivity contribution in [2.24, 2.45) is 17.3 Å². The largest absolute Gasteiger partial charge is 0.385 e. The summed E-state index contributed by atoms with van der Waals surface area (Å²) in [5, 5.41) is 0. The lowest BCUT2D eigenvalue weighted by atomic mass is 9.90. The van der Waals surface area contributed by atoms with Gasteiger partial charge in [-0.1, -0.05) is 113 Å². The fourth-order valence-electron chi connectivity index (χ4n) is 9.97. The van der Waals surface area contributed by atoms with Crippen molar-refractivity contribution in [2.45, 2.75) is 497 Å². The first-order valence-corrected chi connectivity index (χ1v) is 47.0. The van der Waals surface area contributed by atoms with Gasteiger partial charge in [-0.3, -0.25) is 0 Å². The second-order valence-corrected chi connectivity index (χ2v) is 33.8. The van der Waals surface area contributed by atoms with Crippen molar-refractivity contribution >= 4 is 0 Å². The molecule has 4 fully saturated rings. The molecule has 0 spiro atoms. The summed E-state index contributed by atoms with van der Waals surface area (Å²) in [5.74, 6) is 1.78. The van der Waals surface area contributed by atoms with Crippen molar-refractivity contribution < 1.29 is 75.8 Å². The zero-order valence-electron chi connectivity index (χ0n) is 86.2. The molecule has 0 aliphatic heterocycles. The lowest BCUT2D eigenvalue weighted by molar-refractivity contribution is -0.0425. The molecule has 0 radical (unpaired) electrons. The summed E-state index contributed by atoms with van der Waals surface area (Å²) in [5.41, 5.74) is 0.494. The first-order valence-electron chi connectivity index (χ1n) is 47.0. The number of rotatable bonds is 34. The standard InChI is InChI=1S/C9H18O.2C8H16O.C7H14O.4C7H16O.2C6H14O.3C5H12O.2C4H10O.C3H8O/c1-2-10-8-9-6-4-3-5-7-9;1-2-9-7-8-5-3-4-6-8;1-2-9-8-6-4-3-5-7-8;1-2-8-7-5-3-4-6-7;1-6(2)8-7(3,4)5;1-5-8-6-7(2,3)4;1-5-7(3,4)8-6-2;1-5-7(4)8-6(2)3;1-5-7-6(2,3)4;1-4-5-7-6(2)3;2*1-4-6-5(2)3;1-3-5-6-4-2;1-4(2)5-3;1-3-5-4-2;1-3-4-2/h9H,2-8H2,1H3;2*8H,2-7H2,1H3;7H,2-6H2,1H3;6H,1-5H3;2*5-6H2,1-4H3;6-7H,5H2,1-4H3;5H2,1-4H3;6H,4-5H2,1-3H3;2*5H,4H2,1-3H3;3-5H2,1-2H3;4H,1-3H3;3-4H2,1-2H3;3H2,1-2H3. The summed E-state index contributed by atoms with van der Waals surface area (Å²) in [7, 11) is 3.38. The van der Waals surface area contributed by atoms with Gasteiger partial charge in [0, 0.05) is 127 Å². The second-order valence-electron chi connectivity index (χ2n) is 33.8. The Balaban J connectivity index is -0.0000000978. The summed E-state index contributed by atoms with van der Waals surface area (Å²) in [4.78, 5) is 0. The minimum atomic E-state index is 0.0220. The molecular weight excluding hydrogens is 1430 g/mol. The molecule has 708 valence electrons. The third kappa shape index (κ3) is 174. The number of methoxy groups -OCH3 is 2. The van der Waals surface area contributed by atoms with Crippen molar-refractivity contribution in [2.75, 3.05) is 133 Å². The van der Waals surface area contributed by atoms with Crippen LogP contribution in [0.15, 0.2) is 0 Å². The van der Waals surface area contributed by atoms with Gasteiger partial charge < -0.3 is 75.8 Å². The maximum atomic E-state index is 5.48. The Morgan fingerprint density at radius 2 is 0.640 bits per heavy atom. The first-order chi connectivity index (χ1) is 53.4. The molecule has 4 aliphatic rings. The molecule has 4 saturated carbocycles. The topological polar surface area (TPSA) is 148 Å². The van der Waals surface area contributed by atoms with E-state index in [1.165, 1.54) is 116 Å². The van der Waals surface area contributed by atoms with Gasteiger partial charge in [0.1, 0.15) is 0 Å². The van der Waals surface area contributed by atoms with E-state index >= 15 is 0 Å². The molecule has 0 aromatic heterocycles. The molecule has 0 aromatic rings. The Hall–Kier alpha value is -0.640. The number of ether oxygens (including phenoxy) is 16. The molecule has 4 rings (SSSR count). The van der Waals surface area contributed by atoms with Crippen molar-refractivity contribution in [3.63, 3.8) is 0 Å². The summed E-state index contributed by atoms with van der Waals surface area (Å²) < 4.78 is 82.6. The van der Waals surface area contributed by atoms with Gasteiger partial charge in [-0.15, -0.1) is 0 Å². The Morgan fingerprint density at radius 1 is 0.307 bits per heavy atom. The van der Waals surface area contributed by atoms with Crippen molar-refractivity contribution in [3.05, 3.63) is 0 Å². The highest BCUT2D eigenvalue weighted by molar-refractivity contribution is 4.69. The smallest absolute Gasteiger partial charge is 0.0623 e. The van der Waals surface area contributed by atoms with Gasteiger partial charge in [-0.25, -0.2) is 0 Å². The van der Waals surface area contributed by atoms with Gasteiger partial charge in [0.2, 0.25) is 0 Å². The highest BCUT2D eigenvalue weighted by Crippen LogP contribution is 2.26. The summed E-state index contributed by atoms with van der Waals surface area (Å²) in [6, 6.07) is 0. The Kier molecular flexibility index (Phi) is 135. The molecule has 0 bridgehead atoms. The minimum absolute atomic E-state index is 0.0220.